The van der Waals surface area contributed by atoms with Crippen molar-refractivity contribution in [2.75, 3.05) is 37.4 Å². The van der Waals surface area contributed by atoms with Crippen LogP contribution in [0.4, 0.5) is 33.7 Å². The monoisotopic (exact) mass is 805 g/mol. The molecule has 2 amide bonds. The number of hydrazine groups is 1. The number of nitrogens with zero attached hydrogens (tertiary/aromatic N) is 4. The lowest BCUT2D eigenvalue weighted by atomic mass is 9.99. The zero-order valence-corrected chi connectivity index (χ0v) is 31.7. The summed E-state index contributed by atoms with van der Waals surface area (Å²) in [4.78, 5) is 49.0. The Balaban J connectivity index is 1.69. The van der Waals surface area contributed by atoms with Gasteiger partial charge in [-0.3, -0.25) is 14.8 Å². The Bertz CT molecular complexity index is 2240. The van der Waals surface area contributed by atoms with Gasteiger partial charge in [0, 0.05) is 36.0 Å². The van der Waals surface area contributed by atoms with Gasteiger partial charge in [0.05, 0.1) is 48.4 Å². The molecular formula is C37H39F4N5O9S. The van der Waals surface area contributed by atoms with Crippen LogP contribution in [-0.2, 0) is 29.0 Å². The maximum Gasteiger partial charge on any atom is 0.493 e. The second-order valence-corrected chi connectivity index (χ2v) is 15.3. The molecule has 0 bridgehead atoms. The van der Waals surface area contributed by atoms with Crippen LogP contribution in [0.25, 0.3) is 10.8 Å². The van der Waals surface area contributed by atoms with E-state index in [0.717, 1.165) is 41.8 Å². The summed E-state index contributed by atoms with van der Waals surface area (Å²) in [5, 5.41) is 1.43. The number of hydroxylamine groups is 1. The summed E-state index contributed by atoms with van der Waals surface area (Å²) in [6.45, 7) is 4.66. The minimum Gasteiger partial charge on any atom is -0.493 e. The molecule has 0 saturated carbocycles. The topological polar surface area (TPSA) is 171 Å². The van der Waals surface area contributed by atoms with E-state index in [2.05, 4.69) is 14.6 Å². The highest BCUT2D eigenvalue weighted by molar-refractivity contribution is 7.92. The van der Waals surface area contributed by atoms with Gasteiger partial charge in [-0.2, -0.15) is 13.2 Å². The molecule has 14 nitrogen and oxygen atoms in total. The molecule has 1 unspecified atom stereocenters. The normalized spacial score (nSPS) is 15.1. The number of halogens is 4. The summed E-state index contributed by atoms with van der Waals surface area (Å²) < 4.78 is 99.1. The number of fused-ring (bicyclic) bond motifs is 1. The lowest BCUT2D eigenvalue weighted by Crippen LogP contribution is -2.46. The van der Waals surface area contributed by atoms with Crippen LogP contribution in [0.15, 0.2) is 71.9 Å². The fraction of sp³-hybridized carbons (Fsp3) is 0.351. The van der Waals surface area contributed by atoms with Gasteiger partial charge in [0.15, 0.2) is 27.4 Å². The van der Waals surface area contributed by atoms with Gasteiger partial charge in [-0.25, -0.2) is 28.2 Å². The number of likely N-dealkylation sites (tertiary alicyclic amines) is 1. The van der Waals surface area contributed by atoms with Gasteiger partial charge in [-0.05, 0) is 87.0 Å². The molecule has 2 N–H and O–H groups in total. The molecule has 19 heteroatoms. The van der Waals surface area contributed by atoms with Crippen molar-refractivity contribution in [3.05, 3.63) is 83.9 Å². The molecule has 5 rings (SSSR count). The van der Waals surface area contributed by atoms with Crippen LogP contribution in [0.2, 0.25) is 0 Å². The van der Waals surface area contributed by atoms with E-state index in [1.54, 1.807) is 43.6 Å². The van der Waals surface area contributed by atoms with Crippen molar-refractivity contribution in [1.82, 2.24) is 9.88 Å². The van der Waals surface area contributed by atoms with Crippen molar-refractivity contribution in [2.45, 2.75) is 62.0 Å². The average molecular weight is 806 g/mol. The molecule has 1 fully saturated rings. The first kappa shape index (κ1) is 41.5. The SMILES string of the molecule is CCOc1cc([C@H](C(=O)N2CCCC2c2cc(N(OC(=O)C(F)(F)F)C(=O)OC)ccc2S(=O)(=O)C(C)C)N(N)c2ccc3cnccc3c2)c(F)cc1OC. The average Bonchev–Trinajstić information content (AvgIpc) is 3.67. The van der Waals surface area contributed by atoms with Gasteiger partial charge in [0.1, 0.15) is 5.82 Å². The molecule has 1 saturated heterocycles. The Labute approximate surface area is 319 Å². The summed E-state index contributed by atoms with van der Waals surface area (Å²) in [5.74, 6) is 2.47. The van der Waals surface area contributed by atoms with Gasteiger partial charge in [0.25, 0.3) is 5.91 Å². The van der Waals surface area contributed by atoms with Crippen LogP contribution in [0.3, 0.4) is 0 Å². The molecule has 300 valence electrons. The second kappa shape index (κ2) is 16.6. The fourth-order valence-electron chi connectivity index (χ4n) is 6.33. The van der Waals surface area contributed by atoms with E-state index in [0.29, 0.717) is 11.8 Å². The van der Waals surface area contributed by atoms with Crippen molar-refractivity contribution in [2.24, 2.45) is 5.84 Å². The van der Waals surface area contributed by atoms with Crippen molar-refractivity contribution in [3.8, 4) is 11.5 Å². The van der Waals surface area contributed by atoms with Crippen molar-refractivity contribution in [3.63, 3.8) is 0 Å². The van der Waals surface area contributed by atoms with E-state index in [1.165, 1.54) is 31.9 Å². The number of alkyl halides is 3. The molecule has 1 aliphatic heterocycles. The van der Waals surface area contributed by atoms with Gasteiger partial charge in [-0.1, -0.05) is 6.07 Å². The van der Waals surface area contributed by atoms with Crippen molar-refractivity contribution >= 4 is 50.0 Å². The van der Waals surface area contributed by atoms with Crippen molar-refractivity contribution < 1.29 is 59.4 Å². The zero-order valence-electron chi connectivity index (χ0n) is 30.9. The molecule has 1 aromatic heterocycles. The number of pyridine rings is 1. The minimum absolute atomic E-state index is 0.00247. The smallest absolute Gasteiger partial charge is 0.493 e. The number of benzene rings is 3. The molecule has 0 aliphatic carbocycles. The highest BCUT2D eigenvalue weighted by Gasteiger charge is 2.45. The van der Waals surface area contributed by atoms with E-state index >= 15 is 9.18 Å². The molecule has 2 atom stereocenters. The quantitative estimate of drug-likeness (QED) is 0.102. The second-order valence-electron chi connectivity index (χ2n) is 12.8. The minimum atomic E-state index is -5.52. The maximum atomic E-state index is 16.2. The van der Waals surface area contributed by atoms with Crippen LogP contribution >= 0.6 is 0 Å². The third kappa shape index (κ3) is 8.28. The highest BCUT2D eigenvalue weighted by Crippen LogP contribution is 2.43. The Kier molecular flexibility index (Phi) is 12.3. The van der Waals surface area contributed by atoms with E-state index in [-0.39, 0.29) is 57.8 Å². The van der Waals surface area contributed by atoms with Crippen LogP contribution in [0, 0.1) is 5.82 Å². The first-order valence-electron chi connectivity index (χ1n) is 17.2. The number of hydrogen-bond donors (Lipinski definition) is 1. The molecule has 1 aliphatic rings. The standard InChI is InChI=1S/C37H39F4N5O9S/c1-6-54-31-18-26(28(38)19-30(31)52-4)33(45(42)24-10-9-23-20-43-14-13-22(23)16-24)34(47)44-15-7-8-29(44)27-17-25(11-12-32(27)56(50,51)21(2)3)46(36(49)53-5)55-35(48)37(39,40)41/h9-14,16-21,29,33H,6-8,15,42H2,1-5H3/t29?,33-/m1/s1. The number of hydrogen-bond acceptors (Lipinski definition) is 12. The Morgan fingerprint density at radius 1 is 1.00 bits per heavy atom. The molecule has 0 spiro atoms. The van der Waals surface area contributed by atoms with E-state index in [1.807, 2.05) is 0 Å². The number of rotatable bonds is 11. The number of carbonyl (C=O) groups excluding carboxylic acids is 3. The molecule has 0 radical (unpaired) electrons. The highest BCUT2D eigenvalue weighted by atomic mass is 32.2. The number of carbonyl (C=O) groups is 3. The maximum absolute atomic E-state index is 16.2. The summed E-state index contributed by atoms with van der Waals surface area (Å²) >= 11 is 0. The van der Waals surface area contributed by atoms with Gasteiger partial charge < -0.3 is 23.9 Å². The Morgan fingerprint density at radius 3 is 2.36 bits per heavy atom. The summed E-state index contributed by atoms with van der Waals surface area (Å²) in [7, 11) is -2.04. The first-order valence-corrected chi connectivity index (χ1v) is 18.7. The Morgan fingerprint density at radius 2 is 1.71 bits per heavy atom. The third-order valence-corrected chi connectivity index (χ3v) is 11.3. The number of aromatic nitrogens is 1. The van der Waals surface area contributed by atoms with Crippen LogP contribution < -0.4 is 25.4 Å². The van der Waals surface area contributed by atoms with Gasteiger partial charge in [0.2, 0.25) is 0 Å². The molecule has 3 aromatic carbocycles. The largest absolute Gasteiger partial charge is 0.493 e. The number of sulfone groups is 1. The third-order valence-electron chi connectivity index (χ3n) is 9.11. The lowest BCUT2D eigenvalue weighted by molar-refractivity contribution is -0.200. The summed E-state index contributed by atoms with van der Waals surface area (Å²) in [6.07, 6.45) is -3.47. The first-order chi connectivity index (χ1) is 26.4. The van der Waals surface area contributed by atoms with E-state index < -0.39 is 62.8 Å². The number of nitrogens with two attached hydrogens (primary N) is 1. The molecular weight excluding hydrogens is 766 g/mol. The van der Waals surface area contributed by atoms with Crippen LogP contribution in [0.5, 0.6) is 11.5 Å². The van der Waals surface area contributed by atoms with Gasteiger partial charge >= 0.3 is 18.2 Å². The van der Waals surface area contributed by atoms with Crippen LogP contribution in [-0.4, -0.2) is 75.1 Å². The molecule has 56 heavy (non-hydrogen) atoms. The molecule has 4 aromatic rings. The number of amides is 2. The van der Waals surface area contributed by atoms with Crippen molar-refractivity contribution in [1.29, 1.82) is 0 Å². The lowest BCUT2D eigenvalue weighted by Gasteiger charge is -2.35. The predicted octanol–water partition coefficient (Wildman–Crippen LogP) is 6.34. The van der Waals surface area contributed by atoms with Gasteiger partial charge in [-0.15, -0.1) is 5.06 Å². The summed E-state index contributed by atoms with van der Waals surface area (Å²) in [5.41, 5.74) is -0.570. The summed E-state index contributed by atoms with van der Waals surface area (Å²) in [6, 6.07) is 9.31. The predicted molar refractivity (Wildman–Crippen MR) is 195 cm³/mol. The number of methoxy groups -OCH3 is 2. The number of anilines is 2. The molecule has 2 heterocycles. The fourth-order valence-corrected chi connectivity index (χ4v) is 7.62. The number of ether oxygens (including phenoxy) is 3. The zero-order chi connectivity index (χ0) is 41.1. The van der Waals surface area contributed by atoms with Crippen LogP contribution in [0.1, 0.15) is 56.8 Å². The Hall–Kier alpha value is -5.69. The van der Waals surface area contributed by atoms with E-state index in [9.17, 15) is 31.2 Å². The van der Waals surface area contributed by atoms with E-state index in [4.69, 9.17) is 15.3 Å².